The molecule has 8 aromatic rings. The predicted molar refractivity (Wildman–Crippen MR) is 386 cm³/mol. The van der Waals surface area contributed by atoms with Gasteiger partial charge in [0.2, 0.25) is 0 Å². The van der Waals surface area contributed by atoms with Gasteiger partial charge in [0.15, 0.2) is 22.6 Å². The molecule has 2 amide bonds. The van der Waals surface area contributed by atoms with E-state index in [1.165, 1.54) is 55.8 Å². The second-order valence-corrected chi connectivity index (χ2v) is 28.4. The predicted octanol–water partition coefficient (Wildman–Crippen LogP) is 7.48. The molecule has 8 aromatic heterocycles. The van der Waals surface area contributed by atoms with Crippen LogP contribution in [0.2, 0.25) is 5.15 Å². The minimum Gasteiger partial charge on any atom is -0.870 e. The Morgan fingerprint density at radius 3 is 1.17 bits per heavy atom. The minimum absolute atomic E-state index is 0. The number of carboxylic acid groups (broad SMARTS) is 1. The van der Waals surface area contributed by atoms with Crippen LogP contribution in [0.5, 0.6) is 0 Å². The van der Waals surface area contributed by atoms with Crippen LogP contribution in [0.25, 0.3) is 22.6 Å². The average molecular weight is 1610 g/mol. The molecule has 0 bridgehead atoms. The quantitative estimate of drug-likeness (QED) is 0.0162. The molecule has 4 fully saturated rings. The van der Waals surface area contributed by atoms with E-state index in [0.29, 0.717) is 66.5 Å². The van der Waals surface area contributed by atoms with Gasteiger partial charge in [-0.15, -0.1) is 0 Å². The van der Waals surface area contributed by atoms with Crippen molar-refractivity contribution in [3.05, 3.63) is 101 Å². The van der Waals surface area contributed by atoms with E-state index in [2.05, 4.69) is 66.9 Å². The topological polar surface area (TPSA) is 463 Å². The number of nitrogens with two attached hydrogens (primary N) is 2. The van der Waals surface area contributed by atoms with Crippen molar-refractivity contribution < 1.29 is 122 Å². The first-order valence-corrected chi connectivity index (χ1v) is 35.6. The summed E-state index contributed by atoms with van der Waals surface area (Å²) in [5, 5.41) is 38.9. The number of fused-ring (bicyclic) bond motifs is 4. The number of nitrogens with zero attached hydrogens (tertiary/aromatic N) is 12. The fourth-order valence-corrected chi connectivity index (χ4v) is 12.3. The Hall–Kier alpha value is -9.53. The maximum Gasteiger partial charge on any atom is 1.00 e. The van der Waals surface area contributed by atoms with E-state index in [-0.39, 0.29) is 127 Å². The smallest absolute Gasteiger partial charge is 0.870 e. The largest absolute Gasteiger partial charge is 1.00 e. The molecule has 33 nitrogen and oxygen atoms in total. The van der Waals surface area contributed by atoms with E-state index in [1.54, 1.807) is 99.1 Å². The molecule has 612 valence electrons. The van der Waals surface area contributed by atoms with Crippen LogP contribution in [0.1, 0.15) is 188 Å². The molecule has 0 aliphatic heterocycles. The van der Waals surface area contributed by atoms with Crippen molar-refractivity contribution in [2.75, 3.05) is 35.8 Å². The fraction of sp³-hybridized carbons (Fsp3) is 0.565. The second kappa shape index (κ2) is 39.3. The first-order valence-electron chi connectivity index (χ1n) is 35.2. The van der Waals surface area contributed by atoms with Gasteiger partial charge in [0, 0.05) is 68.5 Å². The van der Waals surface area contributed by atoms with Gasteiger partial charge in [0.05, 0.1) is 62.7 Å². The number of alkyl halides is 8. The van der Waals surface area contributed by atoms with E-state index in [1.807, 2.05) is 0 Å². The fourth-order valence-electron chi connectivity index (χ4n) is 12.1. The summed E-state index contributed by atoms with van der Waals surface area (Å²) in [6.07, 6.45) is 12.4. The third-order valence-electron chi connectivity index (χ3n) is 17.6. The number of amides is 2. The van der Waals surface area contributed by atoms with Gasteiger partial charge in [-0.05, 0) is 138 Å². The number of carboxylic acids is 1. The Balaban J connectivity index is 0.000000259. The zero-order valence-electron chi connectivity index (χ0n) is 63.5. The summed E-state index contributed by atoms with van der Waals surface area (Å²) in [4.78, 5) is 87.8. The molecule has 12 rings (SSSR count). The van der Waals surface area contributed by atoms with Gasteiger partial charge in [-0.25, -0.2) is 102 Å². The molecule has 4 aliphatic carbocycles. The number of carbonyl (C=O) groups is 6. The molecule has 43 heteroatoms. The normalized spacial score (nSPS) is 21.3. The number of ether oxygens (including phenoxy) is 5. The molecule has 0 spiro atoms. The standard InChI is InChI=1S/C20H27F2N5O4.C18H23F2N5O4.C15H19F2N5O2.C9H8ClN3O2.C7H13F2N.Li.2H2O/c1-5-30-17(28)12-11-23-27-10-8-14(25-16(12)27)24-13-7-6-9-20(21,22)15(13)26-18(29)31-19(2,3)4;1-17(2,3)29-16(28)24-13-11(5-4-7-18(13,19)20)22-12-6-8-25-14(23-12)10(9-21-25)15(26)27;1-2-24-14(23)9-8-19-22-7-5-11(21-13(9)22)20-10-4-3-6-15(16,17)12(10)18;1-2-15-9(14)6-5-11-13-4-3-7(10)12-8(6)13;1-5-6(10)3-2-4-7(5,8)9;;;/h8,10-11,13,15H,5-7,9H2,1-4H3,(H,24,25)(H,26,29);6,8-9,11,13H,4-5,7H2,1-3H3,(H,22,23)(H,24,28)(H,26,27);5,7-8,10,12H,2-4,6,18H2,1H3,(H,20,21);3-5H,2H2,1H3;5-6H,2-4,10H2,1H3;;2*1H2/q;;;;;+1;;/p-1/t13-,15-;11-,13-;10-,12-;;5-,6-;;;/m111.1.../s1. The number of anilines is 3. The average Bonchev–Trinajstić information content (AvgIpc) is 1.53. The van der Waals surface area contributed by atoms with E-state index >= 15 is 0 Å². The summed E-state index contributed by atoms with van der Waals surface area (Å²) in [5.74, 6) is -14.2. The van der Waals surface area contributed by atoms with E-state index in [9.17, 15) is 69.0 Å². The summed E-state index contributed by atoms with van der Waals surface area (Å²) in [6.45, 7) is 17.3. The Morgan fingerprint density at radius 1 is 0.509 bits per heavy atom. The Kier molecular flexibility index (Phi) is 32.6. The molecule has 4 saturated carbocycles. The summed E-state index contributed by atoms with van der Waals surface area (Å²) in [6, 6.07) is -0.505. The number of hydrogen-bond donors (Lipinski definition) is 8. The maximum atomic E-state index is 14.7. The van der Waals surface area contributed by atoms with Gasteiger partial charge < -0.3 is 77.8 Å². The molecule has 13 N–H and O–H groups in total. The Morgan fingerprint density at radius 2 is 0.821 bits per heavy atom. The Bertz CT molecular complexity index is 4490. The molecule has 112 heavy (non-hydrogen) atoms. The molecule has 4 aliphatic rings. The number of esters is 3. The van der Waals surface area contributed by atoms with Crippen molar-refractivity contribution in [1.29, 1.82) is 0 Å². The van der Waals surface area contributed by atoms with Gasteiger partial charge in [0.25, 0.3) is 23.7 Å². The van der Waals surface area contributed by atoms with Crippen molar-refractivity contribution in [3.63, 3.8) is 0 Å². The van der Waals surface area contributed by atoms with Gasteiger partial charge >= 0.3 is 54.9 Å². The SMILES string of the molecule is CC(C)(C)OC(=O)N[C@@H]1[C@H](Nc2ccn3ncc(C(=O)O)c3n2)CCCC1(F)F.CCOC(=O)c1cnn2ccc(Cl)nc12.CCOC(=O)c1cnn2ccc(N[C@@H]3CCCC(F)(F)[C@@H]3N)nc12.CCOC(=O)c1cnn2ccc(N[C@@H]3CCCC(F)(F)[C@@H]3NC(=O)OC(C)(C)C)nc12.C[C@@H]1[C@H](N)CCCC1(F)F.O.[Li+].[OH-]. The van der Waals surface area contributed by atoms with Crippen LogP contribution >= 0.6 is 11.6 Å². The summed E-state index contributed by atoms with van der Waals surface area (Å²) >= 11 is 5.72. The number of hydrogen-bond acceptors (Lipinski definition) is 25. The molecule has 8 heterocycles. The third-order valence-corrected chi connectivity index (χ3v) is 17.8. The van der Waals surface area contributed by atoms with Crippen molar-refractivity contribution in [2.45, 2.75) is 223 Å². The van der Waals surface area contributed by atoms with Crippen LogP contribution in [0.4, 0.5) is 62.2 Å². The van der Waals surface area contributed by atoms with Crippen LogP contribution in [-0.4, -0.2) is 208 Å². The number of aromatic nitrogens is 12. The number of rotatable bonds is 15. The van der Waals surface area contributed by atoms with E-state index < -0.39 is 113 Å². The van der Waals surface area contributed by atoms with Gasteiger partial charge in [0.1, 0.15) is 68.1 Å². The molecular weight excluding hydrogens is 1510 g/mol. The molecule has 0 saturated heterocycles. The van der Waals surface area contributed by atoms with Gasteiger partial charge in [-0.1, -0.05) is 18.5 Å². The van der Waals surface area contributed by atoms with Crippen LogP contribution in [0.15, 0.2) is 73.8 Å². The monoisotopic (exact) mass is 1610 g/mol. The zero-order chi connectivity index (χ0) is 80.1. The third kappa shape index (κ3) is 24.5. The van der Waals surface area contributed by atoms with Gasteiger partial charge in [-0.3, -0.25) is 0 Å². The van der Waals surface area contributed by atoms with Crippen molar-refractivity contribution in [1.82, 2.24) is 69.0 Å². The molecular formula is C69H93ClF8LiN19O14. The number of halogens is 9. The summed E-state index contributed by atoms with van der Waals surface area (Å²) in [7, 11) is 0. The molecule has 8 atom stereocenters. The minimum atomic E-state index is -3.14. The van der Waals surface area contributed by atoms with Crippen LogP contribution in [-0.2, 0) is 23.7 Å². The summed E-state index contributed by atoms with van der Waals surface area (Å²) in [5.41, 5.74) is 11.2. The Labute approximate surface area is 654 Å². The van der Waals surface area contributed by atoms with Crippen molar-refractivity contribution in [2.24, 2.45) is 17.4 Å². The van der Waals surface area contributed by atoms with Crippen molar-refractivity contribution in [3.8, 4) is 0 Å². The first-order chi connectivity index (χ1) is 51.1. The number of alkyl carbamates (subject to hydrolysis) is 2. The maximum absolute atomic E-state index is 14.7. The summed E-state index contributed by atoms with van der Waals surface area (Å²) < 4.78 is 142. The van der Waals surface area contributed by atoms with E-state index in [0.717, 1.165) is 12.6 Å². The second-order valence-electron chi connectivity index (χ2n) is 28.1. The van der Waals surface area contributed by atoms with Crippen LogP contribution < -0.4 is 56.9 Å². The van der Waals surface area contributed by atoms with Crippen LogP contribution in [0, 0.1) is 5.92 Å². The number of nitrogens with one attached hydrogen (secondary N) is 5. The molecule has 0 unspecified atom stereocenters. The molecule has 0 radical (unpaired) electrons. The van der Waals surface area contributed by atoms with E-state index in [4.69, 9.17) is 46.8 Å². The first kappa shape index (κ1) is 93.1. The number of aromatic carboxylic acids is 1. The zero-order valence-corrected chi connectivity index (χ0v) is 64.2. The van der Waals surface area contributed by atoms with Crippen molar-refractivity contribution >= 4 is 87.7 Å². The van der Waals surface area contributed by atoms with Gasteiger partial charge in [-0.2, -0.15) is 20.4 Å². The van der Waals surface area contributed by atoms with Crippen LogP contribution in [0.3, 0.4) is 0 Å². The molecule has 0 aromatic carbocycles. The number of carbonyl (C=O) groups excluding carboxylic acids is 5.